The van der Waals surface area contributed by atoms with Gasteiger partial charge in [-0.2, -0.15) is 0 Å². The van der Waals surface area contributed by atoms with Gasteiger partial charge in [-0.25, -0.2) is 8.42 Å². The van der Waals surface area contributed by atoms with E-state index in [4.69, 9.17) is 31.8 Å². The molecule has 8 heteroatoms. The van der Waals surface area contributed by atoms with Crippen molar-refractivity contribution in [2.75, 3.05) is 38.0 Å². The van der Waals surface area contributed by atoms with Crippen molar-refractivity contribution < 1.29 is 44.0 Å². The summed E-state index contributed by atoms with van der Waals surface area (Å²) in [6.45, 7) is -15.5. The molecule has 0 aliphatic carbocycles. The number of carbonyl (C=O) groups excluding carboxylic acids is 1. The van der Waals surface area contributed by atoms with Crippen molar-refractivity contribution in [2.24, 2.45) is 0 Å². The number of methoxy groups -OCH3 is 1. The normalized spacial score (nSPS) is 40.6. The molecule has 140 valence electrons. The van der Waals surface area contributed by atoms with Crippen molar-refractivity contribution in [3.8, 4) is 5.75 Å². The van der Waals surface area contributed by atoms with E-state index in [-0.39, 0.29) is 0 Å². The van der Waals surface area contributed by atoms with Crippen LogP contribution in [0.1, 0.15) is 62.9 Å². The molecule has 1 aromatic rings. The average molecular weight is 389 g/mol. The van der Waals surface area contributed by atoms with Crippen LogP contribution in [0.5, 0.6) is 5.75 Å². The smallest absolute Gasteiger partial charge is 0.255 e. The fourth-order valence-electron chi connectivity index (χ4n) is 1.71. The van der Waals surface area contributed by atoms with Gasteiger partial charge in [-0.05, 0) is 31.8 Å². The molecule has 25 heavy (non-hydrogen) atoms. The van der Waals surface area contributed by atoms with Gasteiger partial charge in [0.2, 0.25) is 0 Å². The van der Waals surface area contributed by atoms with Gasteiger partial charge in [0, 0.05) is 35.0 Å². The second-order valence-electron chi connectivity index (χ2n) is 4.44. The van der Waals surface area contributed by atoms with Crippen LogP contribution in [0.15, 0.2) is 17.0 Å². The minimum Gasteiger partial charge on any atom is -0.496 e. The molecule has 1 fully saturated rings. The van der Waals surface area contributed by atoms with E-state index < -0.39 is 113 Å². The molecule has 1 aliphatic heterocycles. The number of anilines is 1. The van der Waals surface area contributed by atoms with E-state index in [0.29, 0.717) is 0 Å². The zero-order chi connectivity index (χ0) is 35.2. The Morgan fingerprint density at radius 3 is 3.16 bits per heavy atom. The number of rotatable bonds is 7. The summed E-state index contributed by atoms with van der Waals surface area (Å²) in [6.07, 6.45) is -8.27. The van der Waals surface area contributed by atoms with Crippen LogP contribution in [-0.4, -0.2) is 57.5 Å². The zero-order valence-electron chi connectivity index (χ0n) is 31.8. The number of likely N-dealkylation sites (N-methyl/N-ethyl adjacent to an activating group) is 1. The van der Waals surface area contributed by atoms with Crippen molar-refractivity contribution in [3.63, 3.8) is 0 Å². The SMILES string of the molecule is [2H]c1c(N)c(S(=O)(=O)CC)c([2H])c(C(=O)NC([2H])([2H])C2([2H])N(C([2H])([2H])C([2H])([2H])[2H])C([2H])([2H])C([2H])([2H])C2([2H])[2H])c1OC([2H])([2H])[2H]. The molecule has 0 bridgehead atoms. The third kappa shape index (κ3) is 4.24. The molecule has 1 unspecified atom stereocenters. The second-order valence-corrected chi connectivity index (χ2v) is 6.65. The molecule has 3 N–H and O–H groups in total. The predicted molar refractivity (Wildman–Crippen MR) is 97.7 cm³/mol. The first-order valence-corrected chi connectivity index (χ1v) is 8.26. The van der Waals surface area contributed by atoms with E-state index in [9.17, 15) is 13.2 Å². The number of nitrogens with two attached hydrogens (primary N) is 1. The van der Waals surface area contributed by atoms with E-state index in [0.717, 1.165) is 6.92 Å². The van der Waals surface area contributed by atoms with Crippen LogP contribution in [-0.2, 0) is 9.84 Å². The fraction of sp³-hybridized carbons (Fsp3) is 0.588. The van der Waals surface area contributed by atoms with Crippen molar-refractivity contribution in [1.82, 2.24) is 10.2 Å². The van der Waals surface area contributed by atoms with Gasteiger partial charge in [0.15, 0.2) is 9.84 Å². The van der Waals surface area contributed by atoms with E-state index in [1.165, 1.54) is 5.32 Å². The number of hydrogen-bond donors (Lipinski definition) is 2. The molecule has 0 radical (unpaired) electrons. The predicted octanol–water partition coefficient (Wildman–Crippen LogP) is 1.29. The molecular formula is C17H27N3O4S. The molecule has 2 rings (SSSR count). The molecule has 0 saturated carbocycles. The number of amides is 1. The summed E-state index contributed by atoms with van der Waals surface area (Å²) in [5.41, 5.74) is 3.11. The number of benzene rings is 1. The number of nitrogens with zero attached hydrogens (tertiary/aromatic N) is 1. The lowest BCUT2D eigenvalue weighted by Gasteiger charge is -2.23. The molecule has 7 nitrogen and oxygen atoms in total. The van der Waals surface area contributed by atoms with Gasteiger partial charge >= 0.3 is 0 Å². The maximum absolute atomic E-state index is 13.5. The number of sulfone groups is 1. The van der Waals surface area contributed by atoms with Gasteiger partial charge in [0.1, 0.15) is 5.75 Å². The van der Waals surface area contributed by atoms with Crippen LogP contribution in [0.4, 0.5) is 5.69 Å². The lowest BCUT2D eigenvalue weighted by molar-refractivity contribution is 0.0938. The van der Waals surface area contributed by atoms with Crippen LogP contribution >= 0.6 is 0 Å². The third-order valence-electron chi connectivity index (χ3n) is 2.96. The monoisotopic (exact) mass is 388 g/mol. The molecule has 0 aromatic heterocycles. The highest BCUT2D eigenvalue weighted by molar-refractivity contribution is 7.91. The Balaban J connectivity index is 3.00. The molecule has 0 spiro atoms. The summed E-state index contributed by atoms with van der Waals surface area (Å²) < 4.78 is 181. The summed E-state index contributed by atoms with van der Waals surface area (Å²) in [6, 6.07) is -7.08. The quantitative estimate of drug-likeness (QED) is 0.682. The zero-order valence-corrected chi connectivity index (χ0v) is 13.6. The Hall–Kier alpha value is -1.80. The van der Waals surface area contributed by atoms with Crippen LogP contribution < -0.4 is 15.8 Å². The van der Waals surface area contributed by atoms with Gasteiger partial charge in [-0.3, -0.25) is 9.69 Å². The lowest BCUT2D eigenvalue weighted by atomic mass is 10.1. The standard InChI is InChI=1S/C17H27N3O4S/c1-4-20-8-6-7-12(20)11-19-17(21)13-9-16(25(22,23)5-2)14(18)10-15(13)24-3/h9-10,12H,4-8,11,18H2,1-3H3,(H,19,21)/i1D3,3D3,4D2,6D2,7D2,8D2,9D,10D,11D2,12D. The van der Waals surface area contributed by atoms with Gasteiger partial charge in [0.25, 0.3) is 5.91 Å². The first-order chi connectivity index (χ1) is 19.1. The first-order valence-electron chi connectivity index (χ1n) is 16.1. The summed E-state index contributed by atoms with van der Waals surface area (Å²) in [5.74, 6) is -4.28. The van der Waals surface area contributed by atoms with Gasteiger partial charge in [0.05, 0.1) is 38.5 Å². The number of nitrogens with one attached hydrogen (secondary N) is 1. The highest BCUT2D eigenvalue weighted by Gasteiger charge is 2.25. The van der Waals surface area contributed by atoms with Crippen molar-refractivity contribution in [2.45, 2.75) is 37.4 Å². The molecule has 1 heterocycles. The second kappa shape index (κ2) is 8.05. The van der Waals surface area contributed by atoms with Crippen LogP contribution in [0, 0.1) is 0 Å². The topological polar surface area (TPSA) is 102 Å². The minimum atomic E-state index is -4.58. The largest absolute Gasteiger partial charge is 0.496 e. The molecular weight excluding hydrogens is 342 g/mol. The van der Waals surface area contributed by atoms with E-state index >= 15 is 0 Å². The maximum atomic E-state index is 13.5. The minimum absolute atomic E-state index is 0.775. The number of ether oxygens (including phenoxy) is 1. The number of likely N-dealkylation sites (tertiary alicyclic amines) is 1. The van der Waals surface area contributed by atoms with Crippen LogP contribution in [0.2, 0.25) is 0 Å². The van der Waals surface area contributed by atoms with Gasteiger partial charge < -0.3 is 15.8 Å². The van der Waals surface area contributed by atoms with Crippen LogP contribution in [0.25, 0.3) is 0 Å². The lowest BCUT2D eigenvalue weighted by Crippen LogP contribution is -2.40. The van der Waals surface area contributed by atoms with Gasteiger partial charge in [-0.1, -0.05) is 13.8 Å². The Morgan fingerprint density at radius 2 is 2.48 bits per heavy atom. The average Bonchev–Trinajstić information content (AvgIpc) is 2.87. The Morgan fingerprint density at radius 1 is 1.68 bits per heavy atom. The van der Waals surface area contributed by atoms with E-state index in [1.54, 1.807) is 0 Å². The highest BCUT2D eigenvalue weighted by Crippen LogP contribution is 2.29. The first kappa shape index (κ1) is 6.13. The fourth-order valence-corrected chi connectivity index (χ4v) is 2.64. The molecule has 1 amide bonds. The summed E-state index contributed by atoms with van der Waals surface area (Å²) >= 11 is 0. The Labute approximate surface area is 176 Å². The summed E-state index contributed by atoms with van der Waals surface area (Å²) in [7, 11) is -8.09. The number of hydrogen-bond acceptors (Lipinski definition) is 6. The van der Waals surface area contributed by atoms with Crippen molar-refractivity contribution in [1.29, 1.82) is 0 Å². The maximum Gasteiger partial charge on any atom is 0.255 e. The Kier molecular flexibility index (Phi) is 1.97. The van der Waals surface area contributed by atoms with Crippen LogP contribution in [0.3, 0.4) is 0 Å². The highest BCUT2D eigenvalue weighted by atomic mass is 32.2. The number of nitrogen functional groups attached to an aromatic ring is 1. The molecule has 1 aliphatic rings. The van der Waals surface area contributed by atoms with E-state index in [2.05, 4.69) is 4.74 Å². The summed E-state index contributed by atoms with van der Waals surface area (Å²) in [4.78, 5) is 11.5. The third-order valence-corrected chi connectivity index (χ3v) is 4.66. The Bertz CT molecular complexity index is 1460. The molecule has 1 saturated heterocycles. The van der Waals surface area contributed by atoms with Gasteiger partial charge in [-0.15, -0.1) is 0 Å². The number of carbonyl (C=O) groups is 1. The van der Waals surface area contributed by atoms with Crippen molar-refractivity contribution in [3.05, 3.63) is 17.6 Å². The van der Waals surface area contributed by atoms with Crippen molar-refractivity contribution >= 4 is 21.4 Å². The van der Waals surface area contributed by atoms with E-state index in [1.807, 2.05) is 0 Å². The summed E-state index contributed by atoms with van der Waals surface area (Å²) in [5, 5.41) is 1.29. The molecule has 1 atom stereocenters. The molecule has 1 aromatic carbocycles.